The molecule has 0 bridgehead atoms. The van der Waals surface area contributed by atoms with Crippen LogP contribution in [0.4, 0.5) is 0 Å². The van der Waals surface area contributed by atoms with E-state index in [4.69, 9.17) is 14.2 Å². The summed E-state index contributed by atoms with van der Waals surface area (Å²) in [6, 6.07) is 1.03. The molecule has 1 heterocycles. The van der Waals surface area contributed by atoms with E-state index in [0.29, 0.717) is 19.8 Å². The lowest BCUT2D eigenvalue weighted by Crippen LogP contribution is -2.43. The van der Waals surface area contributed by atoms with Crippen LogP contribution in [-0.4, -0.2) is 39.7 Å². The van der Waals surface area contributed by atoms with E-state index in [1.165, 1.54) is 0 Å². The fourth-order valence-corrected chi connectivity index (χ4v) is 3.51. The number of hydrogen-bond acceptors (Lipinski definition) is 4. The van der Waals surface area contributed by atoms with E-state index in [1.807, 2.05) is 6.92 Å². The predicted molar refractivity (Wildman–Crippen MR) is 80.3 cm³/mol. The molecule has 2 aliphatic rings. The molecule has 2 rings (SSSR count). The summed E-state index contributed by atoms with van der Waals surface area (Å²) < 4.78 is 16.9. The van der Waals surface area contributed by atoms with Gasteiger partial charge in [0.15, 0.2) is 5.79 Å². The van der Waals surface area contributed by atoms with Crippen molar-refractivity contribution in [1.82, 2.24) is 0 Å². The molecule has 1 aliphatic heterocycles. The Labute approximate surface area is 123 Å². The van der Waals surface area contributed by atoms with Crippen LogP contribution in [0.25, 0.3) is 0 Å². The van der Waals surface area contributed by atoms with E-state index in [-0.39, 0.29) is 11.4 Å². The maximum atomic E-state index is 12.3. The summed E-state index contributed by atoms with van der Waals surface area (Å²) in [6.45, 7) is 10.8. The van der Waals surface area contributed by atoms with Crippen molar-refractivity contribution in [2.45, 2.75) is 64.1 Å². The highest BCUT2D eigenvalue weighted by atomic mass is 28.3. The van der Waals surface area contributed by atoms with E-state index >= 15 is 0 Å². The Hall–Kier alpha value is -0.393. The first-order chi connectivity index (χ1) is 9.25. The zero-order valence-electron chi connectivity index (χ0n) is 13.3. The van der Waals surface area contributed by atoms with Crippen molar-refractivity contribution in [3.63, 3.8) is 0 Å². The van der Waals surface area contributed by atoms with Crippen molar-refractivity contribution in [2.24, 2.45) is 5.41 Å². The lowest BCUT2D eigenvalue weighted by atomic mass is 9.73. The maximum absolute atomic E-state index is 12.3. The molecule has 0 radical (unpaired) electrons. The van der Waals surface area contributed by atoms with Gasteiger partial charge in [-0.1, -0.05) is 19.6 Å². The predicted octanol–water partition coefficient (Wildman–Crippen LogP) is 3.19. The fourth-order valence-electron chi connectivity index (χ4n) is 2.80. The van der Waals surface area contributed by atoms with Gasteiger partial charge >= 0.3 is 5.97 Å². The average Bonchev–Trinajstić information content (AvgIpc) is 2.81. The molecule has 4 nitrogen and oxygen atoms in total. The molecule has 0 amide bonds. The molecule has 0 atom stereocenters. The van der Waals surface area contributed by atoms with Gasteiger partial charge in [-0.05, 0) is 25.8 Å². The van der Waals surface area contributed by atoms with Gasteiger partial charge in [-0.2, -0.15) is 0 Å². The van der Waals surface area contributed by atoms with Crippen molar-refractivity contribution in [3.05, 3.63) is 0 Å². The van der Waals surface area contributed by atoms with Gasteiger partial charge in [-0.25, -0.2) is 0 Å². The number of hydrogen-bond donors (Lipinski definition) is 0. The summed E-state index contributed by atoms with van der Waals surface area (Å²) in [5, 5.41) is 0. The Morgan fingerprint density at radius 3 is 2.15 bits per heavy atom. The standard InChI is InChI=1S/C15H28O4Si/c1-14(13(16)17-11-12-20(2,3)4)5-7-15(8-6-14)18-9-10-19-15/h5-12H2,1-4H3. The summed E-state index contributed by atoms with van der Waals surface area (Å²) in [5.41, 5.74) is -0.361. The molecule has 1 spiro atoms. The largest absolute Gasteiger partial charge is 0.466 e. The molecule has 0 aromatic carbocycles. The van der Waals surface area contributed by atoms with Crippen molar-refractivity contribution >= 4 is 14.0 Å². The fraction of sp³-hybridized carbons (Fsp3) is 0.933. The number of carbonyl (C=O) groups is 1. The minimum atomic E-state index is -1.14. The molecule has 0 N–H and O–H groups in total. The second-order valence-electron chi connectivity index (χ2n) is 7.61. The Balaban J connectivity index is 1.81. The zero-order valence-corrected chi connectivity index (χ0v) is 14.3. The summed E-state index contributed by atoms with van der Waals surface area (Å²) in [7, 11) is -1.14. The lowest BCUT2D eigenvalue weighted by Gasteiger charge is -2.40. The van der Waals surface area contributed by atoms with Crippen LogP contribution >= 0.6 is 0 Å². The SMILES string of the molecule is CC1(C(=O)OCC[Si](C)(C)C)CCC2(CC1)OCCO2. The highest BCUT2D eigenvalue weighted by Gasteiger charge is 2.48. The number of carbonyl (C=O) groups excluding carboxylic acids is 1. The number of esters is 1. The van der Waals surface area contributed by atoms with Gasteiger partial charge < -0.3 is 14.2 Å². The second kappa shape index (κ2) is 5.77. The van der Waals surface area contributed by atoms with E-state index in [2.05, 4.69) is 19.6 Å². The molecule has 1 aliphatic carbocycles. The molecule has 116 valence electrons. The monoisotopic (exact) mass is 300 g/mol. The third kappa shape index (κ3) is 3.83. The Morgan fingerprint density at radius 2 is 1.65 bits per heavy atom. The summed E-state index contributed by atoms with van der Waals surface area (Å²) >= 11 is 0. The first-order valence-electron chi connectivity index (χ1n) is 7.70. The molecule has 0 aromatic heterocycles. The van der Waals surface area contributed by atoms with Crippen molar-refractivity contribution in [2.75, 3.05) is 19.8 Å². The van der Waals surface area contributed by atoms with E-state index in [1.54, 1.807) is 0 Å². The lowest BCUT2D eigenvalue weighted by molar-refractivity contribution is -0.197. The Morgan fingerprint density at radius 1 is 1.10 bits per heavy atom. The van der Waals surface area contributed by atoms with Gasteiger partial charge in [0, 0.05) is 20.9 Å². The van der Waals surface area contributed by atoms with E-state index in [9.17, 15) is 4.79 Å². The highest BCUT2D eigenvalue weighted by Crippen LogP contribution is 2.45. The number of rotatable bonds is 4. The smallest absolute Gasteiger partial charge is 0.311 e. The number of ether oxygens (including phenoxy) is 3. The first-order valence-corrected chi connectivity index (χ1v) is 11.4. The molecule has 0 aromatic rings. The molecule has 20 heavy (non-hydrogen) atoms. The molecule has 1 saturated heterocycles. The Kier molecular flexibility index (Phi) is 4.62. The third-order valence-corrected chi connectivity index (χ3v) is 6.21. The van der Waals surface area contributed by atoms with Gasteiger partial charge in [0.25, 0.3) is 0 Å². The second-order valence-corrected chi connectivity index (χ2v) is 13.2. The van der Waals surface area contributed by atoms with Crippen LogP contribution in [0.2, 0.25) is 25.7 Å². The quantitative estimate of drug-likeness (QED) is 0.591. The Bertz CT molecular complexity index is 345. The van der Waals surface area contributed by atoms with Crippen molar-refractivity contribution in [3.8, 4) is 0 Å². The first kappa shape index (κ1) is 16.0. The molecular formula is C15H28O4Si. The molecular weight excluding hydrogens is 272 g/mol. The minimum Gasteiger partial charge on any atom is -0.466 e. The highest BCUT2D eigenvalue weighted by molar-refractivity contribution is 6.76. The van der Waals surface area contributed by atoms with Crippen LogP contribution < -0.4 is 0 Å². The normalized spacial score (nSPS) is 24.8. The molecule has 5 heteroatoms. The van der Waals surface area contributed by atoms with Crippen molar-refractivity contribution < 1.29 is 19.0 Å². The van der Waals surface area contributed by atoms with Gasteiger partial charge in [0.2, 0.25) is 0 Å². The van der Waals surface area contributed by atoms with Gasteiger partial charge in [-0.15, -0.1) is 0 Å². The van der Waals surface area contributed by atoms with Gasteiger partial charge in [0.05, 0.1) is 25.2 Å². The van der Waals surface area contributed by atoms with Crippen LogP contribution in [0.1, 0.15) is 32.6 Å². The van der Waals surface area contributed by atoms with Crippen LogP contribution in [0.5, 0.6) is 0 Å². The third-order valence-electron chi connectivity index (χ3n) is 4.51. The van der Waals surface area contributed by atoms with Crippen LogP contribution in [-0.2, 0) is 19.0 Å². The van der Waals surface area contributed by atoms with Crippen LogP contribution in [0.15, 0.2) is 0 Å². The molecule has 1 saturated carbocycles. The summed E-state index contributed by atoms with van der Waals surface area (Å²) in [5.74, 6) is -0.443. The van der Waals surface area contributed by atoms with E-state index < -0.39 is 13.9 Å². The van der Waals surface area contributed by atoms with Crippen LogP contribution in [0.3, 0.4) is 0 Å². The zero-order chi connectivity index (χ0) is 14.9. The van der Waals surface area contributed by atoms with Gasteiger partial charge in [-0.3, -0.25) is 4.79 Å². The molecule has 0 unspecified atom stereocenters. The maximum Gasteiger partial charge on any atom is 0.311 e. The summed E-state index contributed by atoms with van der Waals surface area (Å²) in [4.78, 5) is 12.3. The van der Waals surface area contributed by atoms with E-state index in [0.717, 1.165) is 31.7 Å². The van der Waals surface area contributed by atoms with Crippen LogP contribution in [0, 0.1) is 5.41 Å². The minimum absolute atomic E-state index is 0.0383. The average molecular weight is 300 g/mol. The van der Waals surface area contributed by atoms with Crippen molar-refractivity contribution in [1.29, 1.82) is 0 Å². The topological polar surface area (TPSA) is 44.8 Å². The molecule has 2 fully saturated rings. The summed E-state index contributed by atoms with van der Waals surface area (Å²) in [6.07, 6.45) is 3.18. The van der Waals surface area contributed by atoms with Gasteiger partial charge in [0.1, 0.15) is 0 Å².